The molecule has 1 aromatic carbocycles. The van der Waals surface area contributed by atoms with Crippen LogP contribution in [0.25, 0.3) is 5.69 Å². The third kappa shape index (κ3) is 2.91. The average molecular weight is 307 g/mol. The number of H-pyrrole nitrogens is 1. The maximum absolute atomic E-state index is 13.1. The molecule has 0 unspecified atom stereocenters. The Morgan fingerprint density at radius 3 is 2.57 bits per heavy atom. The van der Waals surface area contributed by atoms with Crippen LogP contribution in [-0.2, 0) is 0 Å². The maximum Gasteiger partial charge on any atom is 0.200 e. The van der Waals surface area contributed by atoms with Crippen molar-refractivity contribution in [2.24, 2.45) is 0 Å². The molecule has 1 aliphatic heterocycles. The van der Waals surface area contributed by atoms with E-state index in [1.165, 1.54) is 44.5 Å². The topological polar surface area (TPSA) is 38.0 Å². The minimum absolute atomic E-state index is 0.245. The number of likely N-dealkylation sites (tertiary alicyclic amines) is 1. The summed E-state index contributed by atoms with van der Waals surface area (Å²) in [5.41, 5.74) is 0.855. The largest absolute Gasteiger partial charge is 0.326 e. The number of nitrogens with one attached hydrogen (secondary N) is 2. The van der Waals surface area contributed by atoms with Gasteiger partial charge in [-0.3, -0.25) is 9.67 Å². The van der Waals surface area contributed by atoms with Gasteiger partial charge in [0.2, 0.25) is 0 Å². The molecule has 0 bridgehead atoms. The van der Waals surface area contributed by atoms with Crippen molar-refractivity contribution in [2.45, 2.75) is 32.2 Å². The van der Waals surface area contributed by atoms with E-state index < -0.39 is 0 Å². The van der Waals surface area contributed by atoms with E-state index in [0.717, 1.165) is 11.5 Å². The summed E-state index contributed by atoms with van der Waals surface area (Å²) in [4.78, 5) is 1.54. The second kappa shape index (κ2) is 6.07. The minimum Gasteiger partial charge on any atom is -0.326 e. The van der Waals surface area contributed by atoms with Crippen molar-refractivity contribution >= 4 is 12.2 Å². The molecule has 0 spiro atoms. The van der Waals surface area contributed by atoms with E-state index in [-0.39, 0.29) is 11.9 Å². The van der Waals surface area contributed by atoms with E-state index in [9.17, 15) is 4.39 Å². The molecule has 0 saturated carbocycles. The van der Waals surface area contributed by atoms with Gasteiger partial charge in [-0.15, -0.1) is 0 Å². The number of piperidine rings is 1. The Labute approximate surface area is 128 Å². The van der Waals surface area contributed by atoms with Gasteiger partial charge in [-0.1, -0.05) is 0 Å². The fraction of sp³-hybridized carbons (Fsp3) is 0.467. The lowest BCUT2D eigenvalue weighted by Crippen LogP contribution is -3.12. The smallest absolute Gasteiger partial charge is 0.200 e. The Morgan fingerprint density at radius 1 is 1.24 bits per heavy atom. The number of nitrogens with zero attached hydrogens (tertiary/aromatic N) is 2. The fourth-order valence-corrected chi connectivity index (χ4v) is 3.31. The van der Waals surface area contributed by atoms with Gasteiger partial charge >= 0.3 is 0 Å². The van der Waals surface area contributed by atoms with Gasteiger partial charge in [0.05, 0.1) is 18.8 Å². The molecule has 2 heterocycles. The molecule has 1 aromatic heterocycles. The van der Waals surface area contributed by atoms with Crippen LogP contribution in [0.1, 0.15) is 38.1 Å². The van der Waals surface area contributed by atoms with Gasteiger partial charge in [0.25, 0.3) is 0 Å². The minimum atomic E-state index is -0.245. The van der Waals surface area contributed by atoms with Crippen molar-refractivity contribution < 1.29 is 9.29 Å². The van der Waals surface area contributed by atoms with Gasteiger partial charge in [0.1, 0.15) is 11.9 Å². The quantitative estimate of drug-likeness (QED) is 0.853. The summed E-state index contributed by atoms with van der Waals surface area (Å²) < 4.78 is 15.6. The zero-order chi connectivity index (χ0) is 14.8. The summed E-state index contributed by atoms with van der Waals surface area (Å²) in [7, 11) is 0. The van der Waals surface area contributed by atoms with E-state index in [1.54, 1.807) is 17.0 Å². The van der Waals surface area contributed by atoms with Gasteiger partial charge in [0.15, 0.2) is 10.6 Å². The molecule has 1 saturated heterocycles. The van der Waals surface area contributed by atoms with Gasteiger partial charge in [-0.25, -0.2) is 4.39 Å². The van der Waals surface area contributed by atoms with Gasteiger partial charge in [-0.2, -0.15) is 5.10 Å². The van der Waals surface area contributed by atoms with Crippen molar-refractivity contribution in [1.29, 1.82) is 0 Å². The standard InChI is InChI=1S/C15H19FN4S/c1-11(19-9-3-2-4-10-19)14-17-18-15(21)20(14)13-7-5-12(16)6-8-13/h5-8,11H,2-4,9-10H2,1H3,(H,18,21)/p+1/t11-/m1/s1. The molecular weight excluding hydrogens is 287 g/mol. The molecule has 6 heteroatoms. The van der Waals surface area contributed by atoms with Gasteiger partial charge < -0.3 is 4.90 Å². The average Bonchev–Trinajstić information content (AvgIpc) is 2.90. The molecule has 1 aliphatic rings. The van der Waals surface area contributed by atoms with Crippen LogP contribution in [0, 0.1) is 10.6 Å². The molecule has 21 heavy (non-hydrogen) atoms. The molecule has 0 aliphatic carbocycles. The van der Waals surface area contributed by atoms with Crippen molar-refractivity contribution in [3.8, 4) is 5.69 Å². The van der Waals surface area contributed by atoms with Crippen LogP contribution in [0.4, 0.5) is 4.39 Å². The zero-order valence-electron chi connectivity index (χ0n) is 12.1. The number of benzene rings is 1. The van der Waals surface area contributed by atoms with E-state index in [0.29, 0.717) is 4.77 Å². The van der Waals surface area contributed by atoms with Crippen LogP contribution >= 0.6 is 12.2 Å². The van der Waals surface area contributed by atoms with E-state index in [1.807, 2.05) is 4.57 Å². The lowest BCUT2D eigenvalue weighted by Gasteiger charge is -2.28. The highest BCUT2D eigenvalue weighted by molar-refractivity contribution is 7.71. The molecule has 1 fully saturated rings. The number of quaternary nitrogens is 1. The summed E-state index contributed by atoms with van der Waals surface area (Å²) in [5.74, 6) is 0.675. The molecule has 2 N–H and O–H groups in total. The predicted octanol–water partition coefficient (Wildman–Crippen LogP) is 2.20. The third-order valence-electron chi connectivity index (χ3n) is 4.28. The SMILES string of the molecule is C[C@H](c1n[nH]c(=S)n1-c1ccc(F)cc1)[NH+]1CCCCC1. The highest BCUT2D eigenvalue weighted by Gasteiger charge is 2.26. The molecule has 2 aromatic rings. The monoisotopic (exact) mass is 307 g/mol. The van der Waals surface area contributed by atoms with E-state index >= 15 is 0 Å². The normalized spacial score (nSPS) is 17.8. The Kier molecular flexibility index (Phi) is 4.17. The van der Waals surface area contributed by atoms with Crippen LogP contribution < -0.4 is 4.90 Å². The second-order valence-electron chi connectivity index (χ2n) is 5.64. The summed E-state index contributed by atoms with van der Waals surface area (Å²) in [6, 6.07) is 6.65. The van der Waals surface area contributed by atoms with E-state index in [4.69, 9.17) is 12.2 Å². The first kappa shape index (κ1) is 14.4. The van der Waals surface area contributed by atoms with Crippen molar-refractivity contribution in [1.82, 2.24) is 14.8 Å². The number of hydrogen-bond acceptors (Lipinski definition) is 2. The Morgan fingerprint density at radius 2 is 1.90 bits per heavy atom. The van der Waals surface area contributed by atoms with Gasteiger partial charge in [0, 0.05) is 0 Å². The highest BCUT2D eigenvalue weighted by Crippen LogP contribution is 2.16. The first-order valence-corrected chi connectivity index (χ1v) is 7.85. The van der Waals surface area contributed by atoms with Crippen LogP contribution in [-0.4, -0.2) is 27.9 Å². The van der Waals surface area contributed by atoms with Crippen LogP contribution in [0.5, 0.6) is 0 Å². The van der Waals surface area contributed by atoms with E-state index in [2.05, 4.69) is 17.1 Å². The lowest BCUT2D eigenvalue weighted by molar-refractivity contribution is -0.935. The molecular formula is C15H20FN4S+. The molecule has 0 amide bonds. The van der Waals surface area contributed by atoms with Crippen LogP contribution in [0.2, 0.25) is 0 Å². The number of hydrogen-bond donors (Lipinski definition) is 2. The summed E-state index contributed by atoms with van der Waals surface area (Å²) in [6.45, 7) is 4.53. The maximum atomic E-state index is 13.1. The number of aromatic amines is 1. The molecule has 1 atom stereocenters. The number of aromatic nitrogens is 3. The third-order valence-corrected chi connectivity index (χ3v) is 4.55. The zero-order valence-corrected chi connectivity index (χ0v) is 12.9. The molecule has 112 valence electrons. The molecule has 4 nitrogen and oxygen atoms in total. The predicted molar refractivity (Wildman–Crippen MR) is 81.7 cm³/mol. The summed E-state index contributed by atoms with van der Waals surface area (Å²) in [6.07, 6.45) is 3.85. The Hall–Kier alpha value is -1.53. The van der Waals surface area contributed by atoms with Crippen LogP contribution in [0.15, 0.2) is 24.3 Å². The first-order chi connectivity index (χ1) is 10.2. The first-order valence-electron chi connectivity index (χ1n) is 7.44. The second-order valence-corrected chi connectivity index (χ2v) is 6.03. The Balaban J connectivity index is 1.96. The number of rotatable bonds is 3. The highest BCUT2D eigenvalue weighted by atomic mass is 32.1. The molecule has 0 radical (unpaired) electrons. The lowest BCUT2D eigenvalue weighted by atomic mass is 10.1. The fourth-order valence-electron chi connectivity index (χ4n) is 3.06. The Bertz CT molecular complexity index is 655. The van der Waals surface area contributed by atoms with Gasteiger partial charge in [-0.05, 0) is 62.7 Å². The van der Waals surface area contributed by atoms with Crippen molar-refractivity contribution in [3.63, 3.8) is 0 Å². The summed E-state index contributed by atoms with van der Waals surface area (Å²) >= 11 is 5.35. The summed E-state index contributed by atoms with van der Waals surface area (Å²) in [5, 5.41) is 7.30. The van der Waals surface area contributed by atoms with Crippen molar-refractivity contribution in [2.75, 3.05) is 13.1 Å². The van der Waals surface area contributed by atoms with Crippen molar-refractivity contribution in [3.05, 3.63) is 40.7 Å². The molecule has 3 rings (SSSR count). The van der Waals surface area contributed by atoms with Crippen LogP contribution in [0.3, 0.4) is 0 Å². The number of halogens is 1.